The number of carbonyl (C=O) groups is 1. The first-order valence-electron chi connectivity index (χ1n) is 8.37. The smallest absolute Gasteiger partial charge is 0.270 e. The fourth-order valence-corrected chi connectivity index (χ4v) is 2.73. The largest absolute Gasteiger partial charge is 0.348 e. The van der Waals surface area contributed by atoms with Crippen LogP contribution in [0.2, 0.25) is 0 Å². The van der Waals surface area contributed by atoms with Crippen LogP contribution in [0.15, 0.2) is 30.7 Å². The molecule has 0 bridgehead atoms. The van der Waals surface area contributed by atoms with Crippen molar-refractivity contribution in [2.75, 3.05) is 0 Å². The molecule has 0 spiro atoms. The second-order valence-corrected chi connectivity index (χ2v) is 6.54. The number of nitrogens with one attached hydrogen (secondary N) is 1. The summed E-state index contributed by atoms with van der Waals surface area (Å²) in [6, 6.07) is 5.65. The maximum absolute atomic E-state index is 12.6. The number of fused-ring (bicyclic) bond motifs is 1. The highest BCUT2D eigenvalue weighted by Crippen LogP contribution is 2.16. The normalized spacial score (nSPS) is 12.5. The van der Waals surface area contributed by atoms with E-state index in [1.54, 1.807) is 16.8 Å². The third-order valence-electron chi connectivity index (χ3n) is 4.10. The maximum atomic E-state index is 12.6. The molecule has 0 aliphatic rings. The van der Waals surface area contributed by atoms with Crippen molar-refractivity contribution in [3.63, 3.8) is 0 Å². The van der Waals surface area contributed by atoms with Gasteiger partial charge in [0.15, 0.2) is 0 Å². The van der Waals surface area contributed by atoms with E-state index in [1.165, 1.54) is 6.33 Å². The zero-order chi connectivity index (χ0) is 18.0. The number of aryl methyl sites for hydroxylation is 1. The van der Waals surface area contributed by atoms with Gasteiger partial charge in [-0.15, -0.1) is 0 Å². The lowest BCUT2D eigenvalue weighted by Crippen LogP contribution is -2.35. The van der Waals surface area contributed by atoms with Gasteiger partial charge in [-0.05, 0) is 37.5 Å². The van der Waals surface area contributed by atoms with E-state index in [2.05, 4.69) is 25.4 Å². The molecular weight excluding hydrogens is 316 g/mol. The molecule has 3 aromatic rings. The zero-order valence-electron chi connectivity index (χ0n) is 14.9. The molecule has 0 saturated heterocycles. The molecule has 25 heavy (non-hydrogen) atoms. The minimum Gasteiger partial charge on any atom is -0.348 e. The fourth-order valence-electron chi connectivity index (χ4n) is 2.73. The van der Waals surface area contributed by atoms with Gasteiger partial charge >= 0.3 is 0 Å². The van der Waals surface area contributed by atoms with Crippen molar-refractivity contribution < 1.29 is 4.79 Å². The van der Waals surface area contributed by atoms with Crippen molar-refractivity contribution in [2.45, 2.75) is 46.1 Å². The van der Waals surface area contributed by atoms with Crippen molar-refractivity contribution in [1.82, 2.24) is 29.9 Å². The Bertz CT molecular complexity index is 901. The van der Waals surface area contributed by atoms with Crippen LogP contribution in [0.4, 0.5) is 0 Å². The molecule has 3 heterocycles. The second kappa shape index (κ2) is 6.96. The summed E-state index contributed by atoms with van der Waals surface area (Å²) < 4.78 is 1.67. The molecule has 0 fully saturated rings. The lowest BCUT2D eigenvalue weighted by atomic mass is 10.1. The number of aromatic nitrogens is 5. The second-order valence-electron chi connectivity index (χ2n) is 6.54. The number of nitrogens with zero attached hydrogens (tertiary/aromatic N) is 5. The Morgan fingerprint density at radius 1 is 1.28 bits per heavy atom. The van der Waals surface area contributed by atoms with Crippen LogP contribution in [0.5, 0.6) is 0 Å². The van der Waals surface area contributed by atoms with Crippen molar-refractivity contribution in [1.29, 1.82) is 0 Å². The summed E-state index contributed by atoms with van der Waals surface area (Å²) in [5.74, 6) is 0.422. The average Bonchev–Trinajstić information content (AvgIpc) is 3.04. The summed E-state index contributed by atoms with van der Waals surface area (Å²) in [6.07, 6.45) is 3.89. The van der Waals surface area contributed by atoms with Gasteiger partial charge in [-0.3, -0.25) is 9.78 Å². The van der Waals surface area contributed by atoms with E-state index in [-0.39, 0.29) is 17.9 Å². The zero-order valence-corrected chi connectivity index (χ0v) is 14.9. The number of hydrogen-bond acceptors (Lipinski definition) is 5. The van der Waals surface area contributed by atoms with Crippen LogP contribution in [-0.2, 0) is 6.42 Å². The summed E-state index contributed by atoms with van der Waals surface area (Å²) in [5.41, 5.74) is 3.36. The molecular formula is C18H22N6O. The lowest BCUT2D eigenvalue weighted by Gasteiger charge is -2.15. The highest BCUT2D eigenvalue weighted by Gasteiger charge is 2.17. The molecule has 1 amide bonds. The minimum atomic E-state index is -0.214. The van der Waals surface area contributed by atoms with Gasteiger partial charge in [-0.2, -0.15) is 10.1 Å². The highest BCUT2D eigenvalue weighted by molar-refractivity contribution is 5.93. The first-order chi connectivity index (χ1) is 12.0. The highest BCUT2D eigenvalue weighted by atomic mass is 16.1. The molecule has 3 rings (SSSR count). The summed E-state index contributed by atoms with van der Waals surface area (Å²) in [7, 11) is 0. The molecule has 0 radical (unpaired) electrons. The fraction of sp³-hybridized carbons (Fsp3) is 0.389. The van der Waals surface area contributed by atoms with E-state index in [0.717, 1.165) is 17.0 Å². The Kier molecular flexibility index (Phi) is 4.74. The third-order valence-corrected chi connectivity index (χ3v) is 4.10. The van der Waals surface area contributed by atoms with E-state index >= 15 is 0 Å². The average molecular weight is 338 g/mol. The SMILES string of the molecule is Cc1cccnc1C[C@@H](C)NC(=O)c1cc(C(C)C)n2ncnc2n1. The van der Waals surface area contributed by atoms with E-state index in [9.17, 15) is 4.79 Å². The predicted molar refractivity (Wildman–Crippen MR) is 94.5 cm³/mol. The molecule has 7 heteroatoms. The van der Waals surface area contributed by atoms with Gasteiger partial charge in [-0.25, -0.2) is 9.50 Å². The third kappa shape index (κ3) is 3.65. The van der Waals surface area contributed by atoms with Gasteiger partial charge in [0.05, 0.1) is 5.69 Å². The summed E-state index contributed by atoms with van der Waals surface area (Å²) in [6.45, 7) is 8.08. The maximum Gasteiger partial charge on any atom is 0.270 e. The Balaban J connectivity index is 1.79. The first-order valence-corrected chi connectivity index (χ1v) is 8.37. The van der Waals surface area contributed by atoms with Gasteiger partial charge in [0.1, 0.15) is 12.0 Å². The van der Waals surface area contributed by atoms with Crippen LogP contribution < -0.4 is 5.32 Å². The Hall–Kier alpha value is -2.83. The van der Waals surface area contributed by atoms with Crippen LogP contribution in [-0.4, -0.2) is 36.5 Å². The molecule has 7 nitrogen and oxygen atoms in total. The number of pyridine rings is 1. The molecule has 130 valence electrons. The molecule has 0 aromatic carbocycles. The van der Waals surface area contributed by atoms with Crippen LogP contribution in [0, 0.1) is 6.92 Å². The molecule has 0 aliphatic carbocycles. The van der Waals surface area contributed by atoms with Crippen LogP contribution in [0.1, 0.15) is 54.1 Å². The standard InChI is InChI=1S/C18H22N6O/c1-11(2)16-9-15(23-18-20-10-21-24(16)18)17(25)22-13(4)8-14-12(3)6-5-7-19-14/h5-7,9-11,13H,8H2,1-4H3,(H,22,25)/t13-/m1/s1. The van der Waals surface area contributed by atoms with Gasteiger partial charge in [-0.1, -0.05) is 19.9 Å². The summed E-state index contributed by atoms with van der Waals surface area (Å²) in [5, 5.41) is 7.17. The van der Waals surface area contributed by atoms with Gasteiger partial charge in [0, 0.05) is 24.4 Å². The van der Waals surface area contributed by atoms with Crippen LogP contribution in [0.3, 0.4) is 0 Å². The van der Waals surface area contributed by atoms with Crippen molar-refractivity contribution in [2.24, 2.45) is 0 Å². The topological polar surface area (TPSA) is 85.1 Å². The Labute approximate surface area is 146 Å². The van der Waals surface area contributed by atoms with Crippen LogP contribution in [0.25, 0.3) is 5.78 Å². The molecule has 1 N–H and O–H groups in total. The quantitative estimate of drug-likeness (QED) is 0.771. The Morgan fingerprint density at radius 2 is 2.08 bits per heavy atom. The molecule has 1 atom stereocenters. The Morgan fingerprint density at radius 3 is 2.80 bits per heavy atom. The first kappa shape index (κ1) is 17.0. The molecule has 0 unspecified atom stereocenters. The van der Waals surface area contributed by atoms with E-state index < -0.39 is 0 Å². The van der Waals surface area contributed by atoms with Gasteiger partial charge < -0.3 is 5.32 Å². The number of rotatable bonds is 5. The van der Waals surface area contributed by atoms with E-state index in [0.29, 0.717) is 17.9 Å². The molecule has 3 aromatic heterocycles. The van der Waals surface area contributed by atoms with Crippen molar-refractivity contribution >= 4 is 11.7 Å². The monoisotopic (exact) mass is 338 g/mol. The number of hydrogen-bond donors (Lipinski definition) is 1. The van der Waals surface area contributed by atoms with Crippen molar-refractivity contribution in [3.05, 3.63) is 53.4 Å². The number of carbonyl (C=O) groups excluding carboxylic acids is 1. The molecule has 0 aliphatic heterocycles. The van der Waals surface area contributed by atoms with E-state index in [4.69, 9.17) is 0 Å². The van der Waals surface area contributed by atoms with Gasteiger partial charge in [0.2, 0.25) is 0 Å². The van der Waals surface area contributed by atoms with E-state index in [1.807, 2.05) is 39.8 Å². The minimum absolute atomic E-state index is 0.0560. The van der Waals surface area contributed by atoms with Gasteiger partial charge in [0.25, 0.3) is 11.7 Å². The summed E-state index contributed by atoms with van der Waals surface area (Å²) in [4.78, 5) is 25.4. The lowest BCUT2D eigenvalue weighted by molar-refractivity contribution is 0.0934. The van der Waals surface area contributed by atoms with Crippen molar-refractivity contribution in [3.8, 4) is 0 Å². The summed E-state index contributed by atoms with van der Waals surface area (Å²) >= 11 is 0. The molecule has 0 saturated carbocycles. The number of amides is 1. The predicted octanol–water partition coefficient (Wildman–Crippen LogP) is 2.31. The van der Waals surface area contributed by atoms with Crippen LogP contribution >= 0.6 is 0 Å².